The number of aliphatic hydroxyl groups excluding tert-OH is 1. The maximum absolute atomic E-state index is 10.4. The summed E-state index contributed by atoms with van der Waals surface area (Å²) in [7, 11) is 0. The fourth-order valence-corrected chi connectivity index (χ4v) is 3.67. The molecule has 0 aromatic heterocycles. The summed E-state index contributed by atoms with van der Waals surface area (Å²) in [6.45, 7) is 9.18. The van der Waals surface area contributed by atoms with Crippen molar-refractivity contribution in [3.63, 3.8) is 0 Å². The lowest BCUT2D eigenvalue weighted by Crippen LogP contribution is -2.62. The number of hydrogen-bond acceptors (Lipinski definition) is 5. The van der Waals surface area contributed by atoms with Gasteiger partial charge in [-0.25, -0.2) is 4.79 Å². The second-order valence-corrected chi connectivity index (χ2v) is 8.11. The van der Waals surface area contributed by atoms with E-state index in [1.807, 2.05) is 0 Å². The number of hydrogen-bond donors (Lipinski definition) is 4. The van der Waals surface area contributed by atoms with E-state index in [0.29, 0.717) is 12.5 Å². The van der Waals surface area contributed by atoms with E-state index in [1.165, 1.54) is 11.1 Å². The average molecular weight is 342 g/mol. The van der Waals surface area contributed by atoms with Crippen molar-refractivity contribution in [3.05, 3.63) is 12.2 Å². The molecule has 1 atom stereocenters. The summed E-state index contributed by atoms with van der Waals surface area (Å²) in [4.78, 5) is 10.4. The van der Waals surface area contributed by atoms with Gasteiger partial charge in [0.1, 0.15) is 0 Å². The van der Waals surface area contributed by atoms with Gasteiger partial charge in [0.2, 0.25) is 0 Å². The standard InChI is InChI=1S/C18H34N2O4/c1-17(2)12-14(13-18(3,4)20(17)24)19-11-7-5-6-8-15(21)9-10-16(22)23/h9-10,14-15,19,21,24H,5-8,11-13H2,1-4H3,(H,22,23)/b10-9+. The van der Waals surface area contributed by atoms with Crippen molar-refractivity contribution < 1.29 is 20.2 Å². The average Bonchev–Trinajstić information content (AvgIpc) is 2.45. The summed E-state index contributed by atoms with van der Waals surface area (Å²) < 4.78 is 0. The monoisotopic (exact) mass is 342 g/mol. The van der Waals surface area contributed by atoms with Gasteiger partial charge in [-0.3, -0.25) is 0 Å². The van der Waals surface area contributed by atoms with E-state index in [0.717, 1.165) is 44.7 Å². The molecule has 0 spiro atoms. The first-order valence-corrected chi connectivity index (χ1v) is 8.86. The van der Waals surface area contributed by atoms with Crippen LogP contribution >= 0.6 is 0 Å². The molecule has 0 aromatic rings. The minimum absolute atomic E-state index is 0.236. The van der Waals surface area contributed by atoms with Crippen molar-refractivity contribution >= 4 is 5.97 Å². The third-order valence-electron chi connectivity index (χ3n) is 4.71. The van der Waals surface area contributed by atoms with Gasteiger partial charge in [-0.1, -0.05) is 12.8 Å². The van der Waals surface area contributed by atoms with E-state index in [4.69, 9.17) is 5.11 Å². The number of carboxylic acid groups (broad SMARTS) is 1. The van der Waals surface area contributed by atoms with Crippen LogP contribution in [0.1, 0.15) is 66.2 Å². The molecule has 0 bridgehead atoms. The SMILES string of the molecule is CC1(C)CC(NCCCCCC(O)/C=C/C(=O)O)CC(C)(C)N1O. The Morgan fingerprint density at radius 2 is 1.79 bits per heavy atom. The third-order valence-corrected chi connectivity index (χ3v) is 4.71. The summed E-state index contributed by atoms with van der Waals surface area (Å²) >= 11 is 0. The van der Waals surface area contributed by atoms with Crippen LogP contribution in [0, 0.1) is 0 Å². The number of aliphatic carboxylic acids is 1. The molecule has 1 fully saturated rings. The fourth-order valence-electron chi connectivity index (χ4n) is 3.67. The largest absolute Gasteiger partial charge is 0.478 e. The Kier molecular flexibility index (Phi) is 7.86. The molecule has 4 N–H and O–H groups in total. The van der Waals surface area contributed by atoms with Crippen molar-refractivity contribution in [1.29, 1.82) is 0 Å². The number of piperidine rings is 1. The lowest BCUT2D eigenvalue weighted by Gasteiger charge is -2.51. The van der Waals surface area contributed by atoms with E-state index < -0.39 is 12.1 Å². The molecule has 1 rings (SSSR count). The molecule has 1 heterocycles. The van der Waals surface area contributed by atoms with E-state index in [1.54, 1.807) is 0 Å². The first-order valence-electron chi connectivity index (χ1n) is 8.86. The van der Waals surface area contributed by atoms with Crippen LogP contribution in [0.2, 0.25) is 0 Å². The maximum Gasteiger partial charge on any atom is 0.328 e. The van der Waals surface area contributed by atoms with Gasteiger partial charge in [0.15, 0.2) is 0 Å². The Morgan fingerprint density at radius 1 is 1.21 bits per heavy atom. The fraction of sp³-hybridized carbons (Fsp3) is 0.833. The molecule has 140 valence electrons. The van der Waals surface area contributed by atoms with Gasteiger partial charge >= 0.3 is 5.97 Å². The van der Waals surface area contributed by atoms with E-state index >= 15 is 0 Å². The first kappa shape index (κ1) is 21.1. The molecule has 0 aliphatic carbocycles. The highest BCUT2D eigenvalue weighted by Crippen LogP contribution is 2.36. The number of nitrogens with zero attached hydrogens (tertiary/aromatic N) is 1. The van der Waals surface area contributed by atoms with Crippen LogP contribution in [0.3, 0.4) is 0 Å². The molecule has 6 nitrogen and oxygen atoms in total. The zero-order chi connectivity index (χ0) is 18.4. The molecule has 1 aliphatic rings. The molecule has 1 aliphatic heterocycles. The molecule has 0 saturated carbocycles. The first-order chi connectivity index (χ1) is 11.0. The smallest absolute Gasteiger partial charge is 0.328 e. The van der Waals surface area contributed by atoms with Crippen LogP contribution in [0.15, 0.2) is 12.2 Å². The van der Waals surface area contributed by atoms with Crippen LogP contribution in [-0.2, 0) is 4.79 Å². The van der Waals surface area contributed by atoms with Crippen LogP contribution in [0.4, 0.5) is 0 Å². The number of unbranched alkanes of at least 4 members (excludes halogenated alkanes) is 2. The number of rotatable bonds is 9. The number of aliphatic hydroxyl groups is 1. The Hall–Kier alpha value is -0.950. The van der Waals surface area contributed by atoms with E-state index in [2.05, 4.69) is 33.0 Å². The summed E-state index contributed by atoms with van der Waals surface area (Å²) in [5.41, 5.74) is -0.472. The molecular weight excluding hydrogens is 308 g/mol. The zero-order valence-electron chi connectivity index (χ0n) is 15.5. The van der Waals surface area contributed by atoms with Gasteiger partial charge < -0.3 is 20.7 Å². The highest BCUT2D eigenvalue weighted by atomic mass is 16.5. The molecule has 24 heavy (non-hydrogen) atoms. The highest BCUT2D eigenvalue weighted by Gasteiger charge is 2.44. The molecule has 1 unspecified atom stereocenters. The van der Waals surface area contributed by atoms with Crippen LogP contribution in [0.25, 0.3) is 0 Å². The van der Waals surface area contributed by atoms with Gasteiger partial charge in [-0.15, -0.1) is 0 Å². The minimum atomic E-state index is -1.03. The lowest BCUT2D eigenvalue weighted by atomic mass is 9.79. The zero-order valence-corrected chi connectivity index (χ0v) is 15.5. The second-order valence-electron chi connectivity index (χ2n) is 8.11. The summed E-state index contributed by atoms with van der Waals surface area (Å²) in [6, 6.07) is 0.391. The van der Waals surface area contributed by atoms with Gasteiger partial charge in [-0.05, 0) is 66.0 Å². The third kappa shape index (κ3) is 6.89. The Morgan fingerprint density at radius 3 is 2.33 bits per heavy atom. The van der Waals surface area contributed by atoms with Gasteiger partial charge in [0, 0.05) is 23.2 Å². The predicted octanol–water partition coefficient (Wildman–Crippen LogP) is 2.55. The topological polar surface area (TPSA) is 93.0 Å². The minimum Gasteiger partial charge on any atom is -0.478 e. The molecule has 6 heteroatoms. The molecule has 0 radical (unpaired) electrons. The van der Waals surface area contributed by atoms with Crippen molar-refractivity contribution in [3.8, 4) is 0 Å². The summed E-state index contributed by atoms with van der Waals surface area (Å²) in [6.07, 6.45) is 6.94. The quantitative estimate of drug-likeness (QED) is 0.380. The number of hydroxylamine groups is 2. The molecule has 0 amide bonds. The Labute approximate surface area is 145 Å². The molecule has 1 saturated heterocycles. The van der Waals surface area contributed by atoms with Crippen molar-refractivity contribution in [2.75, 3.05) is 6.54 Å². The maximum atomic E-state index is 10.4. The number of carboxylic acids is 1. The predicted molar refractivity (Wildman–Crippen MR) is 94.1 cm³/mol. The van der Waals surface area contributed by atoms with Gasteiger partial charge in [0.05, 0.1) is 6.10 Å². The van der Waals surface area contributed by atoms with Crippen LogP contribution < -0.4 is 5.32 Å². The van der Waals surface area contributed by atoms with Crippen LogP contribution in [-0.4, -0.2) is 56.2 Å². The Balaban J connectivity index is 2.21. The number of nitrogens with one attached hydrogen (secondary N) is 1. The van der Waals surface area contributed by atoms with Crippen molar-refractivity contribution in [2.45, 2.75) is 89.4 Å². The molecular formula is C18H34N2O4. The van der Waals surface area contributed by atoms with Gasteiger partial charge in [0.25, 0.3) is 0 Å². The normalized spacial score (nSPS) is 22.8. The van der Waals surface area contributed by atoms with E-state index in [-0.39, 0.29) is 11.1 Å². The van der Waals surface area contributed by atoms with Crippen molar-refractivity contribution in [1.82, 2.24) is 10.4 Å². The van der Waals surface area contributed by atoms with Crippen molar-refractivity contribution in [2.24, 2.45) is 0 Å². The van der Waals surface area contributed by atoms with E-state index in [9.17, 15) is 15.1 Å². The summed E-state index contributed by atoms with van der Waals surface area (Å²) in [5.74, 6) is -1.03. The second kappa shape index (κ2) is 8.94. The lowest BCUT2D eigenvalue weighted by molar-refractivity contribution is -0.246. The van der Waals surface area contributed by atoms with Crippen LogP contribution in [0.5, 0.6) is 0 Å². The number of carbonyl (C=O) groups is 1. The molecule has 0 aromatic carbocycles. The highest BCUT2D eigenvalue weighted by molar-refractivity contribution is 5.79. The summed E-state index contributed by atoms with van der Waals surface area (Å²) in [5, 5.41) is 33.5. The Bertz CT molecular complexity index is 417. The van der Waals surface area contributed by atoms with Gasteiger partial charge in [-0.2, -0.15) is 5.06 Å².